The fourth-order valence-corrected chi connectivity index (χ4v) is 17.5. The maximum atomic E-state index is 14.8. The summed E-state index contributed by atoms with van der Waals surface area (Å²) in [6.07, 6.45) is 9.78. The number of hydrogen-bond donors (Lipinski definition) is 0. The Morgan fingerprint density at radius 1 is 0.881 bits per heavy atom. The molecule has 0 aromatic heterocycles. The summed E-state index contributed by atoms with van der Waals surface area (Å²) in [5.74, 6) is 0.830. The maximum absolute atomic E-state index is 14.8. The molecular formula is C37H49NO3Sn. The number of allylic oxidation sites excluding steroid dienone is 2. The summed E-state index contributed by atoms with van der Waals surface area (Å²) in [7, 11) is 0. The normalized spacial score (nSPS) is 43.5. The Hall–Kier alpha value is -1.61. The van der Waals surface area contributed by atoms with E-state index < -0.39 is 25.2 Å². The molecule has 0 spiro atoms. The van der Waals surface area contributed by atoms with Crippen LogP contribution in [0.25, 0.3) is 0 Å². The summed E-state index contributed by atoms with van der Waals surface area (Å²) in [6, 6.07) is 12.4. The van der Waals surface area contributed by atoms with Gasteiger partial charge in [0.05, 0.1) is 0 Å². The SMILES string of the molecule is CC1(C)CC[C@]2([CH2][Sn](=[O])[c]3ccccc3)CC[C@]3(C)C(C(=O)C[C@@H]4[C@@]5(C)C=C(C#N)C(=O)C(C)(C)[C@@H]5CC[C@]43C)C2C1. The third kappa shape index (κ3) is 4.10. The molecule has 0 aliphatic heterocycles. The second-order valence-corrected chi connectivity index (χ2v) is 22.1. The number of fused-ring (bicyclic) bond motifs is 7. The van der Waals surface area contributed by atoms with Crippen LogP contribution in [0.4, 0.5) is 0 Å². The third-order valence-corrected chi connectivity index (χ3v) is 20.0. The average molecular weight is 675 g/mol. The molecule has 1 aromatic rings. The predicted molar refractivity (Wildman–Crippen MR) is 166 cm³/mol. The molecule has 0 radical (unpaired) electrons. The van der Waals surface area contributed by atoms with Crippen molar-refractivity contribution in [1.29, 1.82) is 5.26 Å². The molecule has 5 aliphatic rings. The Balaban J connectivity index is 1.43. The van der Waals surface area contributed by atoms with Crippen LogP contribution in [-0.4, -0.2) is 31.3 Å². The van der Waals surface area contributed by atoms with Crippen LogP contribution in [-0.2, 0) is 12.7 Å². The first-order valence-corrected chi connectivity index (χ1v) is 20.9. The van der Waals surface area contributed by atoms with Crippen molar-refractivity contribution < 1.29 is 12.7 Å². The van der Waals surface area contributed by atoms with E-state index in [4.69, 9.17) is 0 Å². The van der Waals surface area contributed by atoms with Gasteiger partial charge in [-0.2, -0.15) is 0 Å². The second-order valence-electron chi connectivity index (χ2n) is 17.0. The molecule has 5 aliphatic carbocycles. The summed E-state index contributed by atoms with van der Waals surface area (Å²) in [4.78, 5) is 28.1. The number of carbonyl (C=O) groups is 2. The van der Waals surface area contributed by atoms with Gasteiger partial charge in [0.15, 0.2) is 0 Å². The first-order valence-electron chi connectivity index (χ1n) is 16.3. The number of ketones is 2. The average Bonchev–Trinajstić information content (AvgIpc) is 2.93. The second kappa shape index (κ2) is 9.69. The Kier molecular flexibility index (Phi) is 7.02. The number of benzene rings is 1. The fraction of sp³-hybridized carbons (Fsp3) is 0.703. The number of Topliss-reactive ketones (excluding diaryl/α,β-unsaturated/α-hetero) is 2. The molecule has 0 saturated heterocycles. The van der Waals surface area contributed by atoms with Crippen molar-refractivity contribution in [3.8, 4) is 6.07 Å². The number of nitriles is 1. The molecule has 2 unspecified atom stereocenters. The molecular weight excluding hydrogens is 625 g/mol. The van der Waals surface area contributed by atoms with Crippen molar-refractivity contribution in [1.82, 2.24) is 0 Å². The number of rotatable bonds is 3. The molecule has 0 N–H and O–H groups in total. The molecule has 0 bridgehead atoms. The standard InChI is InChI=1S/C31H44NO2.C6H5.O.Sn/c1-26(2)11-12-28(5)13-14-31(8)24(20(28)17-26)21(33)15-23-29(6)16-19(18-32)25(34)27(3,4)22(29)9-10-30(23,31)7;1-2-4-6-5-3-1;;/h16,20,22-24H,5,9-15,17H2,1-4,6-8H3;1-5H;;/t20?,22-,23+,24?,28+,29-,30+,31+;;;/m0.../s1. The van der Waals surface area contributed by atoms with Crippen LogP contribution in [0.2, 0.25) is 4.44 Å². The van der Waals surface area contributed by atoms with Gasteiger partial charge < -0.3 is 0 Å². The van der Waals surface area contributed by atoms with Gasteiger partial charge >= 0.3 is 261 Å². The van der Waals surface area contributed by atoms with Crippen LogP contribution in [0.3, 0.4) is 0 Å². The van der Waals surface area contributed by atoms with Crippen molar-refractivity contribution in [2.24, 2.45) is 56.2 Å². The minimum absolute atomic E-state index is 0.0147. The monoisotopic (exact) mass is 675 g/mol. The minimum atomic E-state index is -3.10. The Bertz CT molecular complexity index is 1420. The van der Waals surface area contributed by atoms with Crippen LogP contribution in [0, 0.1) is 67.5 Å². The van der Waals surface area contributed by atoms with Crippen molar-refractivity contribution >= 4 is 34.9 Å². The van der Waals surface area contributed by atoms with E-state index in [1.165, 1.54) is 0 Å². The number of nitrogens with zero attached hydrogens (tertiary/aromatic N) is 1. The van der Waals surface area contributed by atoms with E-state index in [0.29, 0.717) is 12.2 Å². The van der Waals surface area contributed by atoms with Crippen LogP contribution >= 0.6 is 0 Å². The van der Waals surface area contributed by atoms with Gasteiger partial charge in [-0.05, 0) is 0 Å². The van der Waals surface area contributed by atoms with Crippen molar-refractivity contribution in [3.05, 3.63) is 42.0 Å². The number of hydrogen-bond acceptors (Lipinski definition) is 4. The molecule has 4 saturated carbocycles. The molecule has 1 aromatic carbocycles. The zero-order chi connectivity index (χ0) is 30.5. The van der Waals surface area contributed by atoms with E-state index >= 15 is 0 Å². The van der Waals surface area contributed by atoms with Gasteiger partial charge in [-0.3, -0.25) is 0 Å². The van der Waals surface area contributed by atoms with Gasteiger partial charge in [0.2, 0.25) is 0 Å². The van der Waals surface area contributed by atoms with E-state index in [-0.39, 0.29) is 62.1 Å². The summed E-state index contributed by atoms with van der Waals surface area (Å²) in [5, 5.41) is 9.98. The molecule has 42 heavy (non-hydrogen) atoms. The first-order chi connectivity index (χ1) is 19.5. The van der Waals surface area contributed by atoms with Crippen LogP contribution in [0.5, 0.6) is 0 Å². The van der Waals surface area contributed by atoms with E-state index in [9.17, 15) is 17.9 Å². The van der Waals surface area contributed by atoms with Gasteiger partial charge in [0, 0.05) is 0 Å². The van der Waals surface area contributed by atoms with Crippen molar-refractivity contribution in [3.63, 3.8) is 0 Å². The molecule has 5 heteroatoms. The van der Waals surface area contributed by atoms with E-state index in [1.807, 2.05) is 38.1 Å². The van der Waals surface area contributed by atoms with Crippen LogP contribution in [0.15, 0.2) is 42.0 Å². The van der Waals surface area contributed by atoms with E-state index in [1.54, 1.807) is 0 Å². The van der Waals surface area contributed by atoms with Crippen molar-refractivity contribution in [2.75, 3.05) is 0 Å². The van der Waals surface area contributed by atoms with Gasteiger partial charge in [0.25, 0.3) is 0 Å². The molecule has 4 nitrogen and oxygen atoms in total. The molecule has 0 heterocycles. The fourth-order valence-electron chi connectivity index (χ4n) is 11.8. The van der Waals surface area contributed by atoms with Crippen molar-refractivity contribution in [2.45, 2.75) is 104 Å². The Labute approximate surface area is 260 Å². The van der Waals surface area contributed by atoms with Gasteiger partial charge in [-0.15, -0.1) is 0 Å². The predicted octanol–water partition coefficient (Wildman–Crippen LogP) is 7.62. The molecule has 0 amide bonds. The van der Waals surface area contributed by atoms with E-state index in [2.05, 4.69) is 52.8 Å². The quantitative estimate of drug-likeness (QED) is 0.310. The zero-order valence-corrected chi connectivity index (χ0v) is 29.7. The Morgan fingerprint density at radius 2 is 1.55 bits per heavy atom. The third-order valence-electron chi connectivity index (χ3n) is 14.3. The van der Waals surface area contributed by atoms with Gasteiger partial charge in [-0.1, -0.05) is 0 Å². The topological polar surface area (TPSA) is 75.0 Å². The van der Waals surface area contributed by atoms with Crippen LogP contribution in [0.1, 0.15) is 99.8 Å². The Morgan fingerprint density at radius 3 is 2.21 bits per heavy atom. The molecule has 4 fully saturated rings. The van der Waals surface area contributed by atoms with E-state index in [0.717, 1.165) is 53.0 Å². The summed E-state index contributed by atoms with van der Waals surface area (Å²) < 4.78 is 15.9. The van der Waals surface area contributed by atoms with Crippen LogP contribution < -0.4 is 3.58 Å². The first kappa shape index (κ1) is 30.4. The number of carbonyl (C=O) groups excluding carboxylic acids is 2. The molecule has 8 atom stereocenters. The van der Waals surface area contributed by atoms with Gasteiger partial charge in [0.1, 0.15) is 0 Å². The summed E-state index contributed by atoms with van der Waals surface area (Å²) in [5.41, 5.74) is -0.773. The zero-order valence-electron chi connectivity index (χ0n) is 26.8. The summed E-state index contributed by atoms with van der Waals surface area (Å²) in [6.45, 7) is 15.9. The van der Waals surface area contributed by atoms with Gasteiger partial charge in [-0.25, -0.2) is 0 Å². The molecule has 6 rings (SSSR count). The molecule has 224 valence electrons. The summed E-state index contributed by atoms with van der Waals surface area (Å²) >= 11 is -3.10.